The topological polar surface area (TPSA) is 12.0 Å². The van der Waals surface area contributed by atoms with Gasteiger partial charge in [0.2, 0.25) is 0 Å². The van der Waals surface area contributed by atoms with Gasteiger partial charge in [0.15, 0.2) is 0 Å². The lowest BCUT2D eigenvalue weighted by Crippen LogP contribution is -2.21. The summed E-state index contributed by atoms with van der Waals surface area (Å²) in [6.07, 6.45) is -4.40. The molecule has 0 unspecified atom stereocenters. The van der Waals surface area contributed by atoms with Crippen molar-refractivity contribution in [3.63, 3.8) is 0 Å². The molecule has 0 amide bonds. The molecule has 0 atom stereocenters. The van der Waals surface area contributed by atoms with Crippen molar-refractivity contribution < 1.29 is 17.6 Å². The van der Waals surface area contributed by atoms with Gasteiger partial charge in [-0.2, -0.15) is 13.2 Å². The normalized spacial score (nSPS) is 11.5. The second kappa shape index (κ2) is 4.04. The quantitative estimate of drug-likeness (QED) is 0.763. The minimum Gasteiger partial charge on any atom is -0.373 e. The standard InChI is InChI=1S/C8H6ClF4N/c9-5-2-1-3-6(10)7(5)14-4-8(11,12)13/h1-3,14H,4H2. The third kappa shape index (κ3) is 3.06. The SMILES string of the molecule is Fc1cccc(Cl)c1NCC(F)(F)F. The highest BCUT2D eigenvalue weighted by atomic mass is 35.5. The van der Waals surface area contributed by atoms with Crippen LogP contribution in [0.3, 0.4) is 0 Å². The van der Waals surface area contributed by atoms with Gasteiger partial charge in [0.1, 0.15) is 12.4 Å². The average molecular weight is 228 g/mol. The Morgan fingerprint density at radius 1 is 1.29 bits per heavy atom. The summed E-state index contributed by atoms with van der Waals surface area (Å²) in [5, 5.41) is 1.81. The van der Waals surface area contributed by atoms with Crippen molar-refractivity contribution in [1.82, 2.24) is 0 Å². The van der Waals surface area contributed by atoms with Crippen molar-refractivity contribution in [1.29, 1.82) is 0 Å². The summed E-state index contributed by atoms with van der Waals surface area (Å²) in [4.78, 5) is 0. The molecule has 0 radical (unpaired) electrons. The molecule has 0 heterocycles. The smallest absolute Gasteiger partial charge is 0.373 e. The van der Waals surface area contributed by atoms with E-state index in [-0.39, 0.29) is 10.7 Å². The summed E-state index contributed by atoms with van der Waals surface area (Å²) in [5.41, 5.74) is -0.327. The van der Waals surface area contributed by atoms with Crippen LogP contribution in [0.25, 0.3) is 0 Å². The molecule has 1 N–H and O–H groups in total. The number of anilines is 1. The summed E-state index contributed by atoms with van der Waals surface area (Å²) in [7, 11) is 0. The summed E-state index contributed by atoms with van der Waals surface area (Å²) < 4.78 is 48.2. The van der Waals surface area contributed by atoms with Gasteiger partial charge in [0.05, 0.1) is 10.7 Å². The fraction of sp³-hybridized carbons (Fsp3) is 0.250. The van der Waals surface area contributed by atoms with Crippen molar-refractivity contribution in [2.45, 2.75) is 6.18 Å². The zero-order valence-electron chi connectivity index (χ0n) is 6.83. The molecular weight excluding hydrogens is 222 g/mol. The molecule has 1 aromatic rings. The summed E-state index contributed by atoms with van der Waals surface area (Å²) in [6, 6.07) is 3.66. The maximum Gasteiger partial charge on any atom is 0.405 e. The molecule has 0 fully saturated rings. The van der Waals surface area contributed by atoms with E-state index in [9.17, 15) is 17.6 Å². The van der Waals surface area contributed by atoms with Crippen molar-refractivity contribution in [2.75, 3.05) is 11.9 Å². The first-order valence-electron chi connectivity index (χ1n) is 3.65. The molecular formula is C8H6ClF4N. The number of hydrogen-bond acceptors (Lipinski definition) is 1. The number of rotatable bonds is 2. The van der Waals surface area contributed by atoms with Crippen molar-refractivity contribution in [2.24, 2.45) is 0 Å². The van der Waals surface area contributed by atoms with Crippen molar-refractivity contribution >= 4 is 17.3 Å². The first-order valence-corrected chi connectivity index (χ1v) is 4.02. The minimum absolute atomic E-state index is 0.0748. The van der Waals surface area contributed by atoms with Crippen LogP contribution in [0.5, 0.6) is 0 Å². The number of para-hydroxylation sites is 1. The van der Waals surface area contributed by atoms with E-state index < -0.39 is 18.5 Å². The van der Waals surface area contributed by atoms with Crippen molar-refractivity contribution in [3.05, 3.63) is 29.0 Å². The van der Waals surface area contributed by atoms with Gasteiger partial charge in [-0.1, -0.05) is 17.7 Å². The highest BCUT2D eigenvalue weighted by molar-refractivity contribution is 6.33. The molecule has 0 spiro atoms. The predicted octanol–water partition coefficient (Wildman–Crippen LogP) is 3.45. The number of halogens is 5. The van der Waals surface area contributed by atoms with Crippen LogP contribution in [0.15, 0.2) is 18.2 Å². The van der Waals surface area contributed by atoms with Crippen LogP contribution in [0.4, 0.5) is 23.2 Å². The van der Waals surface area contributed by atoms with Crippen LogP contribution in [0.1, 0.15) is 0 Å². The maximum absolute atomic E-state index is 12.9. The molecule has 0 aliphatic carbocycles. The summed E-state index contributed by atoms with van der Waals surface area (Å²) in [5.74, 6) is -0.804. The second-order valence-electron chi connectivity index (χ2n) is 2.57. The van der Waals surface area contributed by atoms with Crippen LogP contribution in [0.2, 0.25) is 5.02 Å². The number of benzene rings is 1. The van der Waals surface area contributed by atoms with E-state index in [1.807, 2.05) is 5.32 Å². The molecule has 0 aliphatic heterocycles. The monoisotopic (exact) mass is 227 g/mol. The number of nitrogens with one attached hydrogen (secondary N) is 1. The Kier molecular flexibility index (Phi) is 3.21. The highest BCUT2D eigenvalue weighted by Crippen LogP contribution is 2.26. The zero-order chi connectivity index (χ0) is 10.8. The first kappa shape index (κ1) is 11.1. The Bertz CT molecular complexity index is 303. The van der Waals surface area contributed by atoms with E-state index in [1.54, 1.807) is 0 Å². The van der Waals surface area contributed by atoms with Gasteiger partial charge in [0.25, 0.3) is 0 Å². The van der Waals surface area contributed by atoms with Crippen LogP contribution < -0.4 is 5.32 Å². The van der Waals surface area contributed by atoms with Gasteiger partial charge in [-0.15, -0.1) is 0 Å². The molecule has 0 bridgehead atoms. The van der Waals surface area contributed by atoms with Gasteiger partial charge in [-0.3, -0.25) is 0 Å². The van der Waals surface area contributed by atoms with E-state index in [4.69, 9.17) is 11.6 Å². The molecule has 1 aromatic carbocycles. The Morgan fingerprint density at radius 3 is 2.43 bits per heavy atom. The molecule has 1 rings (SSSR count). The summed E-state index contributed by atoms with van der Waals surface area (Å²) >= 11 is 5.49. The van der Waals surface area contributed by atoms with Crippen LogP contribution in [-0.4, -0.2) is 12.7 Å². The predicted molar refractivity (Wildman–Crippen MR) is 46.0 cm³/mol. The van der Waals surface area contributed by atoms with Gasteiger partial charge in [-0.25, -0.2) is 4.39 Å². The second-order valence-corrected chi connectivity index (χ2v) is 2.97. The Morgan fingerprint density at radius 2 is 1.93 bits per heavy atom. The van der Waals surface area contributed by atoms with Crippen LogP contribution >= 0.6 is 11.6 Å². The summed E-state index contributed by atoms with van der Waals surface area (Å²) in [6.45, 7) is -1.31. The Balaban J connectivity index is 2.77. The lowest BCUT2D eigenvalue weighted by atomic mass is 10.3. The molecule has 1 nitrogen and oxygen atoms in total. The molecule has 0 saturated carbocycles. The third-order valence-corrected chi connectivity index (χ3v) is 1.74. The largest absolute Gasteiger partial charge is 0.405 e. The van der Waals surface area contributed by atoms with Gasteiger partial charge < -0.3 is 5.32 Å². The molecule has 0 saturated heterocycles. The third-order valence-electron chi connectivity index (χ3n) is 1.43. The zero-order valence-corrected chi connectivity index (χ0v) is 7.58. The van der Waals surface area contributed by atoms with Crippen LogP contribution in [-0.2, 0) is 0 Å². The fourth-order valence-electron chi connectivity index (χ4n) is 0.855. The van der Waals surface area contributed by atoms with E-state index in [2.05, 4.69) is 0 Å². The van der Waals surface area contributed by atoms with Gasteiger partial charge in [-0.05, 0) is 12.1 Å². The Hall–Kier alpha value is -0.970. The number of hydrogen-bond donors (Lipinski definition) is 1. The molecule has 6 heteroatoms. The molecule has 14 heavy (non-hydrogen) atoms. The lowest BCUT2D eigenvalue weighted by molar-refractivity contribution is -0.115. The van der Waals surface area contributed by atoms with E-state index >= 15 is 0 Å². The van der Waals surface area contributed by atoms with E-state index in [0.717, 1.165) is 6.07 Å². The number of alkyl halides is 3. The first-order chi connectivity index (χ1) is 6.40. The molecule has 0 aliphatic rings. The van der Waals surface area contributed by atoms with Gasteiger partial charge >= 0.3 is 6.18 Å². The van der Waals surface area contributed by atoms with Crippen molar-refractivity contribution in [3.8, 4) is 0 Å². The van der Waals surface area contributed by atoms with E-state index in [0.29, 0.717) is 0 Å². The lowest BCUT2D eigenvalue weighted by Gasteiger charge is -2.11. The highest BCUT2D eigenvalue weighted by Gasteiger charge is 2.27. The minimum atomic E-state index is -4.40. The molecule has 0 aromatic heterocycles. The van der Waals surface area contributed by atoms with E-state index in [1.165, 1.54) is 12.1 Å². The Labute approximate surface area is 82.7 Å². The fourth-order valence-corrected chi connectivity index (χ4v) is 1.09. The average Bonchev–Trinajstić information content (AvgIpc) is 2.01. The van der Waals surface area contributed by atoms with Crippen LogP contribution in [0, 0.1) is 5.82 Å². The van der Waals surface area contributed by atoms with Gasteiger partial charge in [0, 0.05) is 0 Å². The molecule has 78 valence electrons. The maximum atomic E-state index is 12.9.